The number of carbonyl (C=O) groups excluding carboxylic acids is 1. The van der Waals surface area contributed by atoms with Crippen LogP contribution in [0.15, 0.2) is 59.6 Å². The normalized spacial score (nSPS) is 17.8. The van der Waals surface area contributed by atoms with Gasteiger partial charge in [-0.1, -0.05) is 36.4 Å². The first kappa shape index (κ1) is 15.1. The number of benzene rings is 2. The van der Waals surface area contributed by atoms with E-state index in [4.69, 9.17) is 0 Å². The smallest absolute Gasteiger partial charge is 0.274 e. The Balaban J connectivity index is 1.37. The van der Waals surface area contributed by atoms with E-state index in [2.05, 4.69) is 45.1 Å². The van der Waals surface area contributed by atoms with Crippen molar-refractivity contribution < 1.29 is 4.79 Å². The maximum atomic E-state index is 12.1. The molecule has 0 radical (unpaired) electrons. The third-order valence-corrected chi connectivity index (χ3v) is 4.88. The number of hydrogen-bond donors (Lipinski definition) is 0. The summed E-state index contributed by atoms with van der Waals surface area (Å²) in [5.74, 6) is -0.0564. The third kappa shape index (κ3) is 2.97. The molecule has 4 nitrogen and oxygen atoms in total. The first-order valence-corrected chi connectivity index (χ1v) is 8.55. The lowest BCUT2D eigenvalue weighted by Crippen LogP contribution is -2.46. The molecule has 2 aliphatic rings. The monoisotopic (exact) mass is 319 g/mol. The molecule has 24 heavy (non-hydrogen) atoms. The molecule has 1 saturated heterocycles. The number of para-hydroxylation sites is 2. The molecule has 1 amide bonds. The van der Waals surface area contributed by atoms with Crippen molar-refractivity contribution in [2.75, 3.05) is 37.6 Å². The highest BCUT2D eigenvalue weighted by Crippen LogP contribution is 2.16. The largest absolute Gasteiger partial charge is 0.369 e. The van der Waals surface area contributed by atoms with E-state index in [1.165, 1.54) is 5.69 Å². The second-order valence-electron chi connectivity index (χ2n) is 6.33. The van der Waals surface area contributed by atoms with E-state index in [0.29, 0.717) is 0 Å². The van der Waals surface area contributed by atoms with Crippen molar-refractivity contribution in [3.63, 3.8) is 0 Å². The highest BCUT2D eigenvalue weighted by atomic mass is 16.1. The topological polar surface area (TPSA) is 35.9 Å². The number of piperazine rings is 1. The van der Waals surface area contributed by atoms with Crippen LogP contribution in [0.5, 0.6) is 0 Å². The standard InChI is InChI=1S/C20H21N3O/c24-20-18(17-8-4-5-9-19(17)21-20)10-11-22-12-14-23(15-13-22)16-6-2-1-3-7-16/h1-9H,10-15H2. The van der Waals surface area contributed by atoms with Crippen molar-refractivity contribution in [3.8, 4) is 0 Å². The molecule has 0 aromatic heterocycles. The van der Waals surface area contributed by atoms with Crippen LogP contribution in [0.3, 0.4) is 0 Å². The fourth-order valence-corrected chi connectivity index (χ4v) is 3.50. The number of nitrogens with zero attached hydrogens (tertiary/aromatic N) is 3. The van der Waals surface area contributed by atoms with Gasteiger partial charge in [0.2, 0.25) is 0 Å². The molecule has 0 unspecified atom stereocenters. The lowest BCUT2D eigenvalue weighted by molar-refractivity contribution is -0.112. The zero-order chi connectivity index (χ0) is 16.4. The first-order chi connectivity index (χ1) is 11.8. The Morgan fingerprint density at radius 3 is 2.38 bits per heavy atom. The predicted octanol–water partition coefficient (Wildman–Crippen LogP) is 1.21. The van der Waals surface area contributed by atoms with Gasteiger partial charge in [0.15, 0.2) is 0 Å². The molecule has 2 aromatic rings. The van der Waals surface area contributed by atoms with Gasteiger partial charge in [-0.3, -0.25) is 9.69 Å². The van der Waals surface area contributed by atoms with Crippen LogP contribution in [-0.2, 0) is 4.79 Å². The van der Waals surface area contributed by atoms with E-state index in [-0.39, 0.29) is 5.91 Å². The summed E-state index contributed by atoms with van der Waals surface area (Å²) in [6, 6.07) is 18.4. The Morgan fingerprint density at radius 1 is 0.875 bits per heavy atom. The van der Waals surface area contributed by atoms with Crippen molar-refractivity contribution in [1.82, 2.24) is 4.90 Å². The summed E-state index contributed by atoms with van der Waals surface area (Å²) in [5, 5.41) is 1.84. The van der Waals surface area contributed by atoms with Gasteiger partial charge in [0.1, 0.15) is 0 Å². The Labute approximate surface area is 141 Å². The number of rotatable bonds is 4. The van der Waals surface area contributed by atoms with Gasteiger partial charge in [0.25, 0.3) is 5.91 Å². The first-order valence-electron chi connectivity index (χ1n) is 8.55. The molecule has 1 fully saturated rings. The second-order valence-corrected chi connectivity index (χ2v) is 6.33. The van der Waals surface area contributed by atoms with Gasteiger partial charge < -0.3 is 4.90 Å². The molecule has 0 bridgehead atoms. The Kier molecular flexibility index (Phi) is 4.13. The van der Waals surface area contributed by atoms with Gasteiger partial charge in [0.05, 0.1) is 5.36 Å². The van der Waals surface area contributed by atoms with Gasteiger partial charge in [-0.25, -0.2) is 4.99 Å². The molecule has 2 heterocycles. The van der Waals surface area contributed by atoms with Crippen molar-refractivity contribution in [2.45, 2.75) is 6.42 Å². The van der Waals surface area contributed by atoms with Gasteiger partial charge in [-0.15, -0.1) is 0 Å². The second kappa shape index (κ2) is 6.57. The molecule has 2 aliphatic heterocycles. The van der Waals surface area contributed by atoms with Gasteiger partial charge >= 0.3 is 0 Å². The molecule has 4 rings (SSSR count). The molecule has 0 atom stereocenters. The van der Waals surface area contributed by atoms with Crippen molar-refractivity contribution >= 4 is 17.2 Å². The Hall–Kier alpha value is -2.46. The minimum atomic E-state index is -0.0564. The van der Waals surface area contributed by atoms with Crippen LogP contribution in [0.25, 0.3) is 5.57 Å². The maximum Gasteiger partial charge on any atom is 0.274 e. The van der Waals surface area contributed by atoms with E-state index >= 15 is 0 Å². The molecule has 4 heteroatoms. The molecule has 2 aromatic carbocycles. The maximum absolute atomic E-state index is 12.1. The van der Waals surface area contributed by atoms with Gasteiger partial charge in [-0.05, 0) is 24.6 Å². The molecule has 122 valence electrons. The van der Waals surface area contributed by atoms with Crippen LogP contribution in [0.2, 0.25) is 0 Å². The number of carbonyl (C=O) groups is 1. The average Bonchev–Trinajstić information content (AvgIpc) is 2.96. The van der Waals surface area contributed by atoms with Crippen LogP contribution in [0.1, 0.15) is 6.42 Å². The van der Waals surface area contributed by atoms with E-state index < -0.39 is 0 Å². The van der Waals surface area contributed by atoms with E-state index in [1.54, 1.807) is 0 Å². The SMILES string of the molecule is O=C1N=c2ccccc2=C1CCN1CCN(c2ccccc2)CC1. The summed E-state index contributed by atoms with van der Waals surface area (Å²) in [4.78, 5) is 21.1. The number of amides is 1. The zero-order valence-electron chi connectivity index (χ0n) is 13.7. The molecule has 0 N–H and O–H groups in total. The number of anilines is 1. The van der Waals surface area contributed by atoms with Crippen molar-refractivity contribution in [2.24, 2.45) is 4.99 Å². The van der Waals surface area contributed by atoms with Gasteiger partial charge in [0, 0.05) is 49.2 Å². The molecule has 0 aliphatic carbocycles. The predicted molar refractivity (Wildman–Crippen MR) is 95.4 cm³/mol. The average molecular weight is 319 g/mol. The fourth-order valence-electron chi connectivity index (χ4n) is 3.50. The third-order valence-electron chi connectivity index (χ3n) is 4.88. The van der Waals surface area contributed by atoms with Crippen LogP contribution in [0.4, 0.5) is 5.69 Å². The zero-order valence-corrected chi connectivity index (χ0v) is 13.7. The highest BCUT2D eigenvalue weighted by molar-refractivity contribution is 6.15. The summed E-state index contributed by atoms with van der Waals surface area (Å²) in [7, 11) is 0. The summed E-state index contributed by atoms with van der Waals surface area (Å²) in [6.07, 6.45) is 0.782. The Morgan fingerprint density at radius 2 is 1.58 bits per heavy atom. The summed E-state index contributed by atoms with van der Waals surface area (Å²) >= 11 is 0. The minimum Gasteiger partial charge on any atom is -0.369 e. The molecule has 0 spiro atoms. The fraction of sp³-hybridized carbons (Fsp3) is 0.300. The lowest BCUT2D eigenvalue weighted by atomic mass is 10.1. The van der Waals surface area contributed by atoms with Crippen LogP contribution < -0.4 is 15.5 Å². The lowest BCUT2D eigenvalue weighted by Gasteiger charge is -2.36. The van der Waals surface area contributed by atoms with Crippen molar-refractivity contribution in [3.05, 3.63) is 65.2 Å². The molecular formula is C20H21N3O. The Bertz CT molecular complexity index is 852. The van der Waals surface area contributed by atoms with E-state index in [9.17, 15) is 4.79 Å². The number of hydrogen-bond acceptors (Lipinski definition) is 3. The highest BCUT2D eigenvalue weighted by Gasteiger charge is 2.20. The van der Waals surface area contributed by atoms with Gasteiger partial charge in [-0.2, -0.15) is 0 Å². The van der Waals surface area contributed by atoms with Crippen LogP contribution >= 0.6 is 0 Å². The molecule has 0 saturated carbocycles. The quantitative estimate of drug-likeness (QED) is 0.850. The minimum absolute atomic E-state index is 0.0564. The van der Waals surface area contributed by atoms with E-state index in [1.807, 2.05) is 24.3 Å². The summed E-state index contributed by atoms with van der Waals surface area (Å²) in [5.41, 5.74) is 2.17. The van der Waals surface area contributed by atoms with E-state index in [0.717, 1.165) is 55.3 Å². The van der Waals surface area contributed by atoms with Crippen molar-refractivity contribution in [1.29, 1.82) is 0 Å². The number of fused-ring (bicyclic) bond motifs is 1. The summed E-state index contributed by atoms with van der Waals surface area (Å²) < 4.78 is 0. The van der Waals surface area contributed by atoms with Crippen LogP contribution in [-0.4, -0.2) is 43.5 Å². The molecular weight excluding hydrogens is 298 g/mol. The summed E-state index contributed by atoms with van der Waals surface area (Å²) in [6.45, 7) is 5.07. The van der Waals surface area contributed by atoms with Crippen LogP contribution in [0, 0.1) is 0 Å².